The summed E-state index contributed by atoms with van der Waals surface area (Å²) < 4.78 is 12.1. The number of aromatic nitrogens is 3. The molecule has 0 aromatic carbocycles. The van der Waals surface area contributed by atoms with E-state index in [2.05, 4.69) is 10.2 Å². The first-order valence-corrected chi connectivity index (χ1v) is 5.60. The predicted octanol–water partition coefficient (Wildman–Crippen LogP) is 0.677. The van der Waals surface area contributed by atoms with Gasteiger partial charge in [0.2, 0.25) is 0 Å². The maximum atomic E-state index is 11.2. The molecule has 0 saturated carbocycles. The third-order valence-electron chi connectivity index (χ3n) is 2.12. The molecule has 0 unspecified atom stereocenters. The van der Waals surface area contributed by atoms with E-state index in [1.165, 1.54) is 4.57 Å². The van der Waals surface area contributed by atoms with Crippen molar-refractivity contribution in [2.45, 2.75) is 19.4 Å². The SMILES string of the molecule is COCCOCCCCn1c(=O)[nH][nH]c1=S. The number of hydrogen-bond acceptors (Lipinski definition) is 4. The maximum absolute atomic E-state index is 11.2. The summed E-state index contributed by atoms with van der Waals surface area (Å²) in [6.07, 6.45) is 1.76. The fourth-order valence-corrected chi connectivity index (χ4v) is 1.48. The summed E-state index contributed by atoms with van der Waals surface area (Å²) >= 11 is 4.94. The molecule has 92 valence electrons. The van der Waals surface area contributed by atoms with Gasteiger partial charge >= 0.3 is 5.69 Å². The minimum atomic E-state index is -0.190. The van der Waals surface area contributed by atoms with Crippen LogP contribution in [0.1, 0.15) is 12.8 Å². The summed E-state index contributed by atoms with van der Waals surface area (Å²) in [5.74, 6) is 0. The number of hydrogen-bond donors (Lipinski definition) is 2. The molecule has 1 aromatic rings. The Labute approximate surface area is 98.6 Å². The molecule has 0 fully saturated rings. The van der Waals surface area contributed by atoms with Crippen molar-refractivity contribution >= 4 is 12.2 Å². The number of nitrogens with zero attached hydrogens (tertiary/aromatic N) is 1. The number of nitrogens with one attached hydrogen (secondary N) is 2. The molecular formula is C9H17N3O3S. The van der Waals surface area contributed by atoms with E-state index in [1.807, 2.05) is 0 Å². The Morgan fingerprint density at radius 2 is 2.06 bits per heavy atom. The van der Waals surface area contributed by atoms with Crippen molar-refractivity contribution in [1.29, 1.82) is 0 Å². The van der Waals surface area contributed by atoms with Crippen molar-refractivity contribution in [3.8, 4) is 0 Å². The van der Waals surface area contributed by atoms with Gasteiger partial charge in [-0.3, -0.25) is 9.67 Å². The molecule has 0 aliphatic rings. The largest absolute Gasteiger partial charge is 0.382 e. The summed E-state index contributed by atoms with van der Waals surface area (Å²) in [5.41, 5.74) is -0.190. The molecule has 1 aromatic heterocycles. The molecule has 0 aliphatic carbocycles. The number of ether oxygens (including phenoxy) is 2. The molecule has 0 bridgehead atoms. The lowest BCUT2D eigenvalue weighted by Gasteiger charge is -2.03. The highest BCUT2D eigenvalue weighted by Crippen LogP contribution is 1.94. The lowest BCUT2D eigenvalue weighted by atomic mass is 10.3. The van der Waals surface area contributed by atoms with Crippen molar-refractivity contribution in [2.24, 2.45) is 0 Å². The maximum Gasteiger partial charge on any atom is 0.342 e. The highest BCUT2D eigenvalue weighted by molar-refractivity contribution is 7.71. The van der Waals surface area contributed by atoms with E-state index >= 15 is 0 Å². The van der Waals surface area contributed by atoms with Gasteiger partial charge < -0.3 is 9.47 Å². The van der Waals surface area contributed by atoms with Gasteiger partial charge in [0.15, 0.2) is 4.77 Å². The summed E-state index contributed by atoms with van der Waals surface area (Å²) in [7, 11) is 1.64. The van der Waals surface area contributed by atoms with Crippen LogP contribution in [0, 0.1) is 4.77 Å². The fraction of sp³-hybridized carbons (Fsp3) is 0.778. The molecule has 1 heterocycles. The molecule has 0 atom stereocenters. The number of unbranched alkanes of at least 4 members (excludes halogenated alkanes) is 1. The highest BCUT2D eigenvalue weighted by Gasteiger charge is 1.98. The van der Waals surface area contributed by atoms with Crippen LogP contribution >= 0.6 is 12.2 Å². The standard InChI is InChI=1S/C9H17N3O3S/c1-14-6-7-15-5-3-2-4-12-8(13)10-11-9(12)16/h2-7H2,1H3,(H,10,13)(H,11,16). The van der Waals surface area contributed by atoms with Gasteiger partial charge in [0.05, 0.1) is 13.2 Å². The van der Waals surface area contributed by atoms with Crippen LogP contribution in [0.2, 0.25) is 0 Å². The molecule has 0 amide bonds. The zero-order chi connectivity index (χ0) is 11.8. The van der Waals surface area contributed by atoms with E-state index in [4.69, 9.17) is 21.7 Å². The second kappa shape index (κ2) is 7.37. The second-order valence-corrected chi connectivity index (χ2v) is 3.71. The van der Waals surface area contributed by atoms with Crippen LogP contribution in [0.3, 0.4) is 0 Å². The fourth-order valence-electron chi connectivity index (χ4n) is 1.26. The van der Waals surface area contributed by atoms with E-state index in [9.17, 15) is 4.79 Å². The van der Waals surface area contributed by atoms with Gasteiger partial charge in [-0.2, -0.15) is 0 Å². The molecular weight excluding hydrogens is 230 g/mol. The quantitative estimate of drug-likeness (QED) is 0.523. The monoisotopic (exact) mass is 247 g/mol. The number of H-pyrrole nitrogens is 2. The van der Waals surface area contributed by atoms with Crippen molar-refractivity contribution in [3.63, 3.8) is 0 Å². The Morgan fingerprint density at radius 3 is 2.69 bits per heavy atom. The van der Waals surface area contributed by atoms with Crippen LogP contribution in [0.4, 0.5) is 0 Å². The first kappa shape index (κ1) is 13.1. The van der Waals surface area contributed by atoms with Crippen LogP contribution in [-0.4, -0.2) is 41.7 Å². The van der Waals surface area contributed by atoms with Crippen LogP contribution in [-0.2, 0) is 16.0 Å². The van der Waals surface area contributed by atoms with E-state index in [-0.39, 0.29) is 5.69 Å². The summed E-state index contributed by atoms with van der Waals surface area (Å²) in [4.78, 5) is 11.2. The minimum absolute atomic E-state index is 0.190. The zero-order valence-electron chi connectivity index (χ0n) is 9.32. The van der Waals surface area contributed by atoms with Crippen molar-refractivity contribution in [1.82, 2.24) is 14.8 Å². The number of rotatable bonds is 8. The lowest BCUT2D eigenvalue weighted by molar-refractivity contribution is 0.0684. The molecule has 16 heavy (non-hydrogen) atoms. The van der Waals surface area contributed by atoms with Gasteiger partial charge in [0, 0.05) is 20.3 Å². The molecule has 7 heteroatoms. The van der Waals surface area contributed by atoms with Crippen molar-refractivity contribution in [3.05, 3.63) is 15.3 Å². The van der Waals surface area contributed by atoms with Gasteiger partial charge in [-0.05, 0) is 25.1 Å². The third kappa shape index (κ3) is 4.30. The number of aromatic amines is 2. The van der Waals surface area contributed by atoms with Crippen molar-refractivity contribution < 1.29 is 9.47 Å². The smallest absolute Gasteiger partial charge is 0.342 e. The van der Waals surface area contributed by atoms with Crippen LogP contribution in [0.25, 0.3) is 0 Å². The summed E-state index contributed by atoms with van der Waals surface area (Å²) in [6, 6.07) is 0. The summed E-state index contributed by atoms with van der Waals surface area (Å²) in [5, 5.41) is 5.03. The minimum Gasteiger partial charge on any atom is -0.382 e. The lowest BCUT2D eigenvalue weighted by Crippen LogP contribution is -2.17. The molecule has 0 radical (unpaired) electrons. The van der Waals surface area contributed by atoms with E-state index < -0.39 is 0 Å². The van der Waals surface area contributed by atoms with E-state index in [1.54, 1.807) is 7.11 Å². The van der Waals surface area contributed by atoms with E-state index in [0.717, 1.165) is 12.8 Å². The van der Waals surface area contributed by atoms with Gasteiger partial charge in [0.25, 0.3) is 0 Å². The molecule has 6 nitrogen and oxygen atoms in total. The van der Waals surface area contributed by atoms with Crippen molar-refractivity contribution in [2.75, 3.05) is 26.9 Å². The topological polar surface area (TPSA) is 72.0 Å². The normalized spacial score (nSPS) is 10.8. The van der Waals surface area contributed by atoms with Crippen LogP contribution in [0.5, 0.6) is 0 Å². The van der Waals surface area contributed by atoms with Gasteiger partial charge in [-0.1, -0.05) is 0 Å². The van der Waals surface area contributed by atoms with Gasteiger partial charge in [0.1, 0.15) is 0 Å². The third-order valence-corrected chi connectivity index (χ3v) is 2.44. The summed E-state index contributed by atoms with van der Waals surface area (Å²) in [6.45, 7) is 2.52. The second-order valence-electron chi connectivity index (χ2n) is 3.32. The molecule has 2 N–H and O–H groups in total. The molecule has 0 spiro atoms. The molecule has 1 rings (SSSR count). The Balaban J connectivity index is 2.12. The average Bonchev–Trinajstić information content (AvgIpc) is 2.59. The zero-order valence-corrected chi connectivity index (χ0v) is 10.1. The van der Waals surface area contributed by atoms with E-state index in [0.29, 0.717) is 31.1 Å². The average molecular weight is 247 g/mol. The van der Waals surface area contributed by atoms with Gasteiger partial charge in [-0.25, -0.2) is 9.89 Å². The Bertz CT molecular complexity index is 368. The predicted molar refractivity (Wildman–Crippen MR) is 62.2 cm³/mol. The van der Waals surface area contributed by atoms with Crippen LogP contribution in [0.15, 0.2) is 4.79 Å². The van der Waals surface area contributed by atoms with Gasteiger partial charge in [-0.15, -0.1) is 0 Å². The Hall–Kier alpha value is -0.920. The number of methoxy groups -OCH3 is 1. The first-order chi connectivity index (χ1) is 7.75. The highest BCUT2D eigenvalue weighted by atomic mass is 32.1. The Morgan fingerprint density at radius 1 is 1.25 bits per heavy atom. The van der Waals surface area contributed by atoms with Crippen LogP contribution < -0.4 is 5.69 Å². The molecule has 0 aliphatic heterocycles. The first-order valence-electron chi connectivity index (χ1n) is 5.20. The Kier molecular flexibility index (Phi) is 6.05. The molecule has 0 saturated heterocycles.